The molecule has 0 aliphatic heterocycles. The largest absolute Gasteiger partial charge is 0.508 e. The van der Waals surface area contributed by atoms with Crippen molar-refractivity contribution in [1.29, 1.82) is 0 Å². The molecule has 2 rings (SSSR count). The molecule has 146 valence electrons. The van der Waals surface area contributed by atoms with Gasteiger partial charge < -0.3 is 19.9 Å². The lowest BCUT2D eigenvalue weighted by atomic mass is 10.3. The summed E-state index contributed by atoms with van der Waals surface area (Å²) in [7, 11) is -2.17. The number of methoxy groups -OCH3 is 1. The average Bonchev–Trinajstić information content (AvgIpc) is 2.67. The van der Waals surface area contributed by atoms with Crippen molar-refractivity contribution in [2.24, 2.45) is 0 Å². The van der Waals surface area contributed by atoms with E-state index in [-0.39, 0.29) is 29.6 Å². The lowest BCUT2D eigenvalue weighted by molar-refractivity contribution is -0.127. The summed E-state index contributed by atoms with van der Waals surface area (Å²) in [6, 6.07) is 12.0. The molecule has 8 nitrogen and oxygen atoms in total. The Morgan fingerprint density at radius 2 is 1.63 bits per heavy atom. The van der Waals surface area contributed by atoms with Crippen molar-refractivity contribution in [2.45, 2.75) is 17.9 Å². The van der Waals surface area contributed by atoms with E-state index in [1.165, 1.54) is 31.4 Å². The minimum atomic E-state index is -3.67. The molecule has 1 atom stereocenters. The molecule has 1 amide bonds. The van der Waals surface area contributed by atoms with E-state index in [2.05, 4.69) is 10.0 Å². The highest BCUT2D eigenvalue weighted by Gasteiger charge is 2.16. The highest BCUT2D eigenvalue weighted by molar-refractivity contribution is 7.89. The number of amides is 1. The molecule has 0 fully saturated rings. The topological polar surface area (TPSA) is 114 Å². The third-order valence-corrected chi connectivity index (χ3v) is 5.08. The Kier molecular flexibility index (Phi) is 7.03. The number of hydrogen-bond donors (Lipinski definition) is 3. The van der Waals surface area contributed by atoms with Gasteiger partial charge in [-0.05, 0) is 55.5 Å². The van der Waals surface area contributed by atoms with Gasteiger partial charge >= 0.3 is 0 Å². The number of rotatable bonds is 9. The first-order valence-corrected chi connectivity index (χ1v) is 9.67. The number of nitrogens with one attached hydrogen (secondary N) is 2. The van der Waals surface area contributed by atoms with Crippen molar-refractivity contribution in [3.05, 3.63) is 48.5 Å². The van der Waals surface area contributed by atoms with E-state index in [1.807, 2.05) is 0 Å². The maximum Gasteiger partial charge on any atom is 0.260 e. The molecule has 0 spiro atoms. The van der Waals surface area contributed by atoms with Crippen LogP contribution in [0.2, 0.25) is 0 Å². The maximum atomic E-state index is 12.2. The van der Waals surface area contributed by atoms with Crippen molar-refractivity contribution in [3.63, 3.8) is 0 Å². The van der Waals surface area contributed by atoms with Crippen LogP contribution in [-0.2, 0) is 14.8 Å². The molecular formula is C18H22N2O6S. The van der Waals surface area contributed by atoms with E-state index in [4.69, 9.17) is 9.47 Å². The number of benzene rings is 2. The second-order valence-electron chi connectivity index (χ2n) is 5.62. The van der Waals surface area contributed by atoms with Crippen LogP contribution in [-0.4, -0.2) is 45.7 Å². The highest BCUT2D eigenvalue weighted by Crippen LogP contribution is 2.17. The summed E-state index contributed by atoms with van der Waals surface area (Å²) in [5.74, 6) is 0.717. The van der Waals surface area contributed by atoms with Crippen molar-refractivity contribution in [1.82, 2.24) is 10.0 Å². The molecule has 0 aliphatic rings. The standard InChI is InChI=1S/C18H22N2O6S/c1-13(26-16-5-3-14(21)4-6-16)18(22)19-11-12-20-27(23,24)17-9-7-15(25-2)8-10-17/h3-10,13,20-21H,11-12H2,1-2H3,(H,19,22). The van der Waals surface area contributed by atoms with E-state index in [0.29, 0.717) is 11.5 Å². The first kappa shape index (κ1) is 20.5. The molecule has 27 heavy (non-hydrogen) atoms. The number of phenolic OH excluding ortho intramolecular Hbond substituents is 1. The van der Waals surface area contributed by atoms with Crippen LogP contribution in [0.4, 0.5) is 0 Å². The van der Waals surface area contributed by atoms with Crippen LogP contribution in [0, 0.1) is 0 Å². The zero-order valence-corrected chi connectivity index (χ0v) is 15.8. The van der Waals surface area contributed by atoms with Gasteiger partial charge in [-0.15, -0.1) is 0 Å². The summed E-state index contributed by atoms with van der Waals surface area (Å²) < 4.78 is 37.2. The van der Waals surface area contributed by atoms with E-state index in [1.54, 1.807) is 31.2 Å². The predicted octanol–water partition coefficient (Wildman–Crippen LogP) is 1.26. The molecular weight excluding hydrogens is 372 g/mol. The number of hydrogen-bond acceptors (Lipinski definition) is 6. The Hall–Kier alpha value is -2.78. The van der Waals surface area contributed by atoms with Gasteiger partial charge in [0.1, 0.15) is 17.2 Å². The van der Waals surface area contributed by atoms with Gasteiger partial charge in [-0.25, -0.2) is 13.1 Å². The SMILES string of the molecule is COc1ccc(S(=O)(=O)NCCNC(=O)C(C)Oc2ccc(O)cc2)cc1. The number of ether oxygens (including phenoxy) is 2. The van der Waals surface area contributed by atoms with Crippen LogP contribution >= 0.6 is 0 Å². The molecule has 9 heteroatoms. The van der Waals surface area contributed by atoms with Gasteiger partial charge in [-0.3, -0.25) is 4.79 Å². The first-order chi connectivity index (χ1) is 12.8. The average molecular weight is 394 g/mol. The van der Waals surface area contributed by atoms with E-state index in [0.717, 1.165) is 0 Å². The fourth-order valence-electron chi connectivity index (χ4n) is 2.14. The fraction of sp³-hybridized carbons (Fsp3) is 0.278. The van der Waals surface area contributed by atoms with Crippen LogP contribution in [0.1, 0.15) is 6.92 Å². The minimum absolute atomic E-state index is 0.0338. The third-order valence-electron chi connectivity index (χ3n) is 3.60. The summed E-state index contributed by atoms with van der Waals surface area (Å²) in [4.78, 5) is 12.1. The Bertz CT molecular complexity index is 850. The van der Waals surface area contributed by atoms with Gasteiger partial charge in [0, 0.05) is 13.1 Å². The Balaban J connectivity index is 1.77. The lowest BCUT2D eigenvalue weighted by Gasteiger charge is -2.15. The van der Waals surface area contributed by atoms with Crippen LogP contribution in [0.5, 0.6) is 17.2 Å². The van der Waals surface area contributed by atoms with Crippen LogP contribution in [0.3, 0.4) is 0 Å². The van der Waals surface area contributed by atoms with Gasteiger partial charge in [-0.2, -0.15) is 0 Å². The lowest BCUT2D eigenvalue weighted by Crippen LogP contribution is -2.40. The minimum Gasteiger partial charge on any atom is -0.508 e. The predicted molar refractivity (Wildman–Crippen MR) is 99.4 cm³/mol. The second-order valence-corrected chi connectivity index (χ2v) is 7.39. The van der Waals surface area contributed by atoms with Crippen LogP contribution in [0.15, 0.2) is 53.4 Å². The van der Waals surface area contributed by atoms with E-state index >= 15 is 0 Å². The number of aromatic hydroxyl groups is 1. The molecule has 0 heterocycles. The Morgan fingerprint density at radius 1 is 1.04 bits per heavy atom. The molecule has 2 aromatic carbocycles. The van der Waals surface area contributed by atoms with Crippen LogP contribution < -0.4 is 19.5 Å². The van der Waals surface area contributed by atoms with Crippen molar-refractivity contribution in [3.8, 4) is 17.2 Å². The van der Waals surface area contributed by atoms with Crippen molar-refractivity contribution >= 4 is 15.9 Å². The molecule has 0 saturated carbocycles. The van der Waals surface area contributed by atoms with E-state index < -0.39 is 16.1 Å². The summed E-state index contributed by atoms with van der Waals surface area (Å²) in [6.45, 7) is 1.72. The number of phenols is 1. The molecule has 0 bridgehead atoms. The quantitative estimate of drug-likeness (QED) is 0.552. The third kappa shape index (κ3) is 6.15. The van der Waals surface area contributed by atoms with Gasteiger partial charge in [0.2, 0.25) is 10.0 Å². The van der Waals surface area contributed by atoms with Crippen LogP contribution in [0.25, 0.3) is 0 Å². The molecule has 3 N–H and O–H groups in total. The van der Waals surface area contributed by atoms with Crippen molar-refractivity contribution < 1.29 is 27.8 Å². The smallest absolute Gasteiger partial charge is 0.260 e. The zero-order valence-electron chi connectivity index (χ0n) is 15.0. The Morgan fingerprint density at radius 3 is 2.22 bits per heavy atom. The molecule has 1 unspecified atom stereocenters. The molecule has 0 aliphatic carbocycles. The molecule has 0 radical (unpaired) electrons. The fourth-order valence-corrected chi connectivity index (χ4v) is 3.17. The van der Waals surface area contributed by atoms with Crippen molar-refractivity contribution in [2.75, 3.05) is 20.2 Å². The van der Waals surface area contributed by atoms with Gasteiger partial charge in [-0.1, -0.05) is 0 Å². The maximum absolute atomic E-state index is 12.2. The summed E-state index contributed by atoms with van der Waals surface area (Å²) in [5.41, 5.74) is 0. The summed E-state index contributed by atoms with van der Waals surface area (Å²) >= 11 is 0. The number of sulfonamides is 1. The monoisotopic (exact) mass is 394 g/mol. The van der Waals surface area contributed by atoms with Gasteiger partial charge in [0.25, 0.3) is 5.91 Å². The first-order valence-electron chi connectivity index (χ1n) is 8.19. The molecule has 0 aromatic heterocycles. The summed E-state index contributed by atoms with van der Waals surface area (Å²) in [5, 5.41) is 11.8. The zero-order chi connectivity index (χ0) is 19.9. The number of carbonyl (C=O) groups excluding carboxylic acids is 1. The second kappa shape index (κ2) is 9.24. The molecule has 0 saturated heterocycles. The highest BCUT2D eigenvalue weighted by atomic mass is 32.2. The summed E-state index contributed by atoms with van der Waals surface area (Å²) in [6.07, 6.45) is -0.771. The Labute approximate surface area is 158 Å². The van der Waals surface area contributed by atoms with Gasteiger partial charge in [0.15, 0.2) is 6.10 Å². The molecule has 2 aromatic rings. The van der Waals surface area contributed by atoms with E-state index in [9.17, 15) is 18.3 Å². The normalized spacial score (nSPS) is 12.2. The number of carbonyl (C=O) groups is 1. The van der Waals surface area contributed by atoms with Gasteiger partial charge in [0.05, 0.1) is 12.0 Å².